The lowest BCUT2D eigenvalue weighted by Crippen LogP contribution is -2.07. The van der Waals surface area contributed by atoms with Gasteiger partial charge in [-0.15, -0.1) is 0 Å². The molecule has 1 aromatic rings. The maximum atomic E-state index is 11.6. The molecule has 0 spiro atoms. The Hall–Kier alpha value is -1.51. The molecule has 0 saturated heterocycles. The molecule has 1 aromatic carbocycles. The molecule has 0 amide bonds. The summed E-state index contributed by atoms with van der Waals surface area (Å²) in [4.78, 5) is 11.6. The summed E-state index contributed by atoms with van der Waals surface area (Å²) in [6, 6.07) is 3.85. The van der Waals surface area contributed by atoms with E-state index in [0.717, 1.165) is 29.5 Å². The molecule has 0 aliphatic carbocycles. The van der Waals surface area contributed by atoms with Crippen molar-refractivity contribution in [1.82, 2.24) is 0 Å². The zero-order valence-electron chi connectivity index (χ0n) is 12.9. The SMILES string of the molecule is CCCCCCOC(=O)CCc1cc(C)c(O)c(C)c1. The molecular formula is C17H26O3. The van der Waals surface area contributed by atoms with Gasteiger partial charge in [-0.3, -0.25) is 4.79 Å². The first-order chi connectivity index (χ1) is 9.54. The molecule has 0 aromatic heterocycles. The molecule has 1 N–H and O–H groups in total. The highest BCUT2D eigenvalue weighted by Gasteiger charge is 2.07. The molecule has 0 unspecified atom stereocenters. The summed E-state index contributed by atoms with van der Waals surface area (Å²) >= 11 is 0. The fraction of sp³-hybridized carbons (Fsp3) is 0.588. The van der Waals surface area contributed by atoms with Gasteiger partial charge in [-0.25, -0.2) is 0 Å². The number of unbranched alkanes of at least 4 members (excludes halogenated alkanes) is 3. The van der Waals surface area contributed by atoms with E-state index in [2.05, 4.69) is 6.92 Å². The number of phenolic OH excluding ortho intramolecular Hbond substituents is 1. The molecule has 3 heteroatoms. The average molecular weight is 278 g/mol. The van der Waals surface area contributed by atoms with E-state index in [0.29, 0.717) is 25.2 Å². The van der Waals surface area contributed by atoms with Gasteiger partial charge in [0.25, 0.3) is 0 Å². The van der Waals surface area contributed by atoms with Gasteiger partial charge in [-0.1, -0.05) is 38.3 Å². The zero-order valence-corrected chi connectivity index (χ0v) is 12.9. The quantitative estimate of drug-likeness (QED) is 0.576. The molecule has 112 valence electrons. The third-order valence-corrected chi connectivity index (χ3v) is 3.43. The van der Waals surface area contributed by atoms with E-state index in [9.17, 15) is 9.90 Å². The summed E-state index contributed by atoms with van der Waals surface area (Å²) in [6.45, 7) is 6.44. The fourth-order valence-corrected chi connectivity index (χ4v) is 2.22. The second kappa shape index (κ2) is 8.62. The molecule has 20 heavy (non-hydrogen) atoms. The third kappa shape index (κ3) is 5.64. The molecule has 0 bridgehead atoms. The smallest absolute Gasteiger partial charge is 0.306 e. The number of ether oxygens (including phenoxy) is 1. The summed E-state index contributed by atoms with van der Waals surface area (Å²) in [5.41, 5.74) is 2.78. The number of aromatic hydroxyl groups is 1. The van der Waals surface area contributed by atoms with Crippen LogP contribution in [0.1, 0.15) is 55.7 Å². The highest BCUT2D eigenvalue weighted by molar-refractivity contribution is 5.69. The van der Waals surface area contributed by atoms with Gasteiger partial charge in [0, 0.05) is 6.42 Å². The highest BCUT2D eigenvalue weighted by Crippen LogP contribution is 2.23. The van der Waals surface area contributed by atoms with E-state index < -0.39 is 0 Å². The highest BCUT2D eigenvalue weighted by atomic mass is 16.5. The molecule has 0 aliphatic rings. The van der Waals surface area contributed by atoms with Crippen LogP contribution in [-0.2, 0) is 16.0 Å². The number of carbonyl (C=O) groups is 1. The van der Waals surface area contributed by atoms with Crippen molar-refractivity contribution < 1.29 is 14.6 Å². The van der Waals surface area contributed by atoms with E-state index in [1.165, 1.54) is 12.8 Å². The van der Waals surface area contributed by atoms with Crippen LogP contribution in [0.2, 0.25) is 0 Å². The number of benzene rings is 1. The second-order valence-corrected chi connectivity index (χ2v) is 5.36. The lowest BCUT2D eigenvalue weighted by atomic mass is 10.0. The zero-order chi connectivity index (χ0) is 15.0. The van der Waals surface area contributed by atoms with Crippen molar-refractivity contribution >= 4 is 5.97 Å². The summed E-state index contributed by atoms with van der Waals surface area (Å²) in [5, 5.41) is 9.70. The molecule has 1 rings (SSSR count). The van der Waals surface area contributed by atoms with Crippen molar-refractivity contribution in [2.45, 2.75) is 59.3 Å². The Bertz CT molecular complexity index is 415. The van der Waals surface area contributed by atoms with Gasteiger partial charge in [-0.05, 0) is 43.4 Å². The van der Waals surface area contributed by atoms with E-state index in [-0.39, 0.29) is 5.97 Å². The van der Waals surface area contributed by atoms with Gasteiger partial charge in [-0.2, -0.15) is 0 Å². The monoisotopic (exact) mass is 278 g/mol. The van der Waals surface area contributed by atoms with Crippen LogP contribution in [0.15, 0.2) is 12.1 Å². The Balaban J connectivity index is 2.30. The standard InChI is InChI=1S/C17H26O3/c1-4-5-6-7-10-20-16(18)9-8-15-11-13(2)17(19)14(3)12-15/h11-12,19H,4-10H2,1-3H3. The van der Waals surface area contributed by atoms with Crippen LogP contribution in [0.5, 0.6) is 5.75 Å². The normalized spacial score (nSPS) is 10.6. The van der Waals surface area contributed by atoms with E-state index in [4.69, 9.17) is 4.74 Å². The summed E-state index contributed by atoms with van der Waals surface area (Å²) in [6.07, 6.45) is 5.53. The van der Waals surface area contributed by atoms with Crippen LogP contribution in [0.4, 0.5) is 0 Å². The number of aryl methyl sites for hydroxylation is 3. The van der Waals surface area contributed by atoms with Gasteiger partial charge in [0.1, 0.15) is 5.75 Å². The van der Waals surface area contributed by atoms with Crippen molar-refractivity contribution in [2.75, 3.05) is 6.61 Å². The van der Waals surface area contributed by atoms with E-state index in [1.54, 1.807) is 0 Å². The largest absolute Gasteiger partial charge is 0.507 e. The Morgan fingerprint density at radius 3 is 2.40 bits per heavy atom. The number of carbonyl (C=O) groups excluding carboxylic acids is 1. The first kappa shape index (κ1) is 16.5. The van der Waals surface area contributed by atoms with Crippen molar-refractivity contribution in [3.63, 3.8) is 0 Å². The lowest BCUT2D eigenvalue weighted by Gasteiger charge is -2.08. The lowest BCUT2D eigenvalue weighted by molar-refractivity contribution is -0.143. The number of esters is 1. The van der Waals surface area contributed by atoms with Crippen LogP contribution < -0.4 is 0 Å². The minimum Gasteiger partial charge on any atom is -0.507 e. The van der Waals surface area contributed by atoms with Crippen LogP contribution in [0.3, 0.4) is 0 Å². The number of rotatable bonds is 8. The predicted molar refractivity (Wildman–Crippen MR) is 81.0 cm³/mol. The van der Waals surface area contributed by atoms with Crippen molar-refractivity contribution in [2.24, 2.45) is 0 Å². The molecule has 0 atom stereocenters. The summed E-state index contributed by atoms with van der Waals surface area (Å²) in [5.74, 6) is 0.206. The molecule has 0 heterocycles. The Morgan fingerprint density at radius 1 is 1.15 bits per heavy atom. The van der Waals surface area contributed by atoms with Gasteiger partial charge >= 0.3 is 5.97 Å². The van der Waals surface area contributed by atoms with Crippen LogP contribution in [-0.4, -0.2) is 17.7 Å². The third-order valence-electron chi connectivity index (χ3n) is 3.43. The van der Waals surface area contributed by atoms with E-state index in [1.807, 2.05) is 26.0 Å². The van der Waals surface area contributed by atoms with Crippen molar-refractivity contribution in [3.05, 3.63) is 28.8 Å². The number of phenols is 1. The summed E-state index contributed by atoms with van der Waals surface area (Å²) < 4.78 is 5.21. The molecule has 0 fully saturated rings. The van der Waals surface area contributed by atoms with Crippen LogP contribution in [0, 0.1) is 13.8 Å². The molecule has 0 saturated carbocycles. The maximum Gasteiger partial charge on any atom is 0.306 e. The Kier molecular flexibility index (Phi) is 7.13. The predicted octanol–water partition coefficient (Wildman–Crippen LogP) is 4.07. The van der Waals surface area contributed by atoms with E-state index >= 15 is 0 Å². The van der Waals surface area contributed by atoms with Crippen LogP contribution >= 0.6 is 0 Å². The topological polar surface area (TPSA) is 46.5 Å². The average Bonchev–Trinajstić information content (AvgIpc) is 2.42. The Labute approximate surface area is 122 Å². The van der Waals surface area contributed by atoms with Gasteiger partial charge in [0.2, 0.25) is 0 Å². The van der Waals surface area contributed by atoms with Crippen molar-refractivity contribution in [1.29, 1.82) is 0 Å². The van der Waals surface area contributed by atoms with Crippen LogP contribution in [0.25, 0.3) is 0 Å². The van der Waals surface area contributed by atoms with Gasteiger partial charge < -0.3 is 9.84 Å². The second-order valence-electron chi connectivity index (χ2n) is 5.36. The fourth-order valence-electron chi connectivity index (χ4n) is 2.22. The maximum absolute atomic E-state index is 11.6. The molecule has 0 radical (unpaired) electrons. The minimum atomic E-state index is -0.134. The first-order valence-electron chi connectivity index (χ1n) is 7.49. The molecule has 0 aliphatic heterocycles. The van der Waals surface area contributed by atoms with Crippen molar-refractivity contribution in [3.8, 4) is 5.75 Å². The minimum absolute atomic E-state index is 0.134. The summed E-state index contributed by atoms with van der Waals surface area (Å²) in [7, 11) is 0. The van der Waals surface area contributed by atoms with Gasteiger partial charge in [0.05, 0.1) is 6.61 Å². The van der Waals surface area contributed by atoms with Gasteiger partial charge in [0.15, 0.2) is 0 Å². The number of hydrogen-bond donors (Lipinski definition) is 1. The molecular weight excluding hydrogens is 252 g/mol. The first-order valence-corrected chi connectivity index (χ1v) is 7.49. The number of hydrogen-bond acceptors (Lipinski definition) is 3. The molecule has 3 nitrogen and oxygen atoms in total. The Morgan fingerprint density at radius 2 is 1.80 bits per heavy atom.